The highest BCUT2D eigenvalue weighted by Crippen LogP contribution is 2.35. The molecule has 6 nitrogen and oxygen atoms in total. The molecule has 0 N–H and O–H groups in total. The largest absolute Gasteiger partial charge is 0.482 e. The van der Waals surface area contributed by atoms with Crippen molar-refractivity contribution in [1.29, 1.82) is 0 Å². The number of ether oxygens (including phenoxy) is 1. The maximum absolute atomic E-state index is 14.6. The van der Waals surface area contributed by atoms with Crippen molar-refractivity contribution in [3.63, 3.8) is 0 Å². The molecule has 1 unspecified atom stereocenters. The van der Waals surface area contributed by atoms with Crippen LogP contribution in [0.25, 0.3) is 40.5 Å². The molecule has 0 aromatic carbocycles. The number of fused-ring (bicyclic) bond motifs is 13. The third-order valence-corrected chi connectivity index (χ3v) is 7.73. The lowest BCUT2D eigenvalue weighted by Crippen LogP contribution is -2.37. The van der Waals surface area contributed by atoms with E-state index in [1.165, 1.54) is 0 Å². The minimum Gasteiger partial charge on any atom is -0.482 e. The van der Waals surface area contributed by atoms with Gasteiger partial charge in [-0.15, -0.1) is 0 Å². The summed E-state index contributed by atoms with van der Waals surface area (Å²) in [5.74, 6) is 1.96. The van der Waals surface area contributed by atoms with Gasteiger partial charge in [0.25, 0.3) is 0 Å². The standard InChI is InChI=1S/C34H26O6/c1-17-13-23-9-5-21-7-11-26(37-21)16-28-30-20(4)34-18(2)14-24(40-34)10-6-22-8-12-25(38-22)15-27(32(30)36)29(31(28)35)19(3)33(17)39-23/h5-11,13-16,23H,12H2,1-4H3. The Balaban J connectivity index is 1.74. The summed E-state index contributed by atoms with van der Waals surface area (Å²) in [7, 11) is 0. The summed E-state index contributed by atoms with van der Waals surface area (Å²) >= 11 is 0. The molecule has 3 aromatic heterocycles. The number of hydrogen-bond acceptors (Lipinski definition) is 6. The van der Waals surface area contributed by atoms with E-state index >= 15 is 0 Å². The number of Topliss-reactive ketones (excluding diaryl/α,β-unsaturated/α-hetero) is 1. The van der Waals surface area contributed by atoms with Crippen LogP contribution in [-0.2, 0) is 16.0 Å². The highest BCUT2D eigenvalue weighted by Gasteiger charge is 2.32. The molecule has 4 aliphatic rings. The Morgan fingerprint density at radius 2 is 1.73 bits per heavy atom. The zero-order chi connectivity index (χ0) is 27.7. The first-order chi connectivity index (χ1) is 19.3. The Labute approximate surface area is 229 Å². The number of carbonyl (C=O) groups is 1. The van der Waals surface area contributed by atoms with E-state index in [0.717, 1.165) is 11.1 Å². The van der Waals surface area contributed by atoms with Crippen LogP contribution in [0, 0.1) is 13.8 Å². The molecular formula is C34H26O6. The summed E-state index contributed by atoms with van der Waals surface area (Å²) in [5, 5.41) is 0.268. The van der Waals surface area contributed by atoms with Crippen LogP contribution in [0.15, 0.2) is 83.5 Å². The van der Waals surface area contributed by atoms with Gasteiger partial charge in [-0.05, 0) is 106 Å². The molecule has 0 radical (unpaired) electrons. The fraction of sp³-hybridized carbons (Fsp3) is 0.176. The molecule has 7 rings (SSSR count). The van der Waals surface area contributed by atoms with Gasteiger partial charge in [0.05, 0.1) is 0 Å². The van der Waals surface area contributed by atoms with Gasteiger partial charge in [0.1, 0.15) is 45.7 Å². The van der Waals surface area contributed by atoms with Crippen LogP contribution in [0.2, 0.25) is 0 Å². The first-order valence-electron chi connectivity index (χ1n) is 13.3. The molecule has 1 aliphatic carbocycles. The van der Waals surface area contributed by atoms with Gasteiger partial charge in [-0.2, -0.15) is 0 Å². The quantitative estimate of drug-likeness (QED) is 0.380. The van der Waals surface area contributed by atoms with Gasteiger partial charge in [0.2, 0.25) is 0 Å². The first-order valence-corrected chi connectivity index (χ1v) is 13.3. The fourth-order valence-electron chi connectivity index (χ4n) is 5.83. The van der Waals surface area contributed by atoms with E-state index in [1.807, 2.05) is 76.3 Å². The zero-order valence-corrected chi connectivity index (χ0v) is 22.6. The molecule has 198 valence electrons. The fourth-order valence-corrected chi connectivity index (χ4v) is 5.83. The number of allylic oxidation sites excluding steroid dienone is 3. The molecule has 0 amide bonds. The van der Waals surface area contributed by atoms with Crippen molar-refractivity contribution in [2.45, 2.75) is 40.2 Å². The van der Waals surface area contributed by atoms with Crippen molar-refractivity contribution >= 4 is 46.3 Å². The second kappa shape index (κ2) is 8.85. The number of hydrogen-bond donors (Lipinski definition) is 0. The van der Waals surface area contributed by atoms with Crippen molar-refractivity contribution in [3.05, 3.63) is 120 Å². The van der Waals surface area contributed by atoms with Gasteiger partial charge in [0, 0.05) is 39.5 Å². The third kappa shape index (κ3) is 3.79. The average Bonchev–Trinajstić information content (AvgIpc) is 3.71. The molecule has 0 fully saturated rings. The molecule has 1 atom stereocenters. The number of carbonyl (C=O) groups excluding carboxylic acids is 1. The molecular weight excluding hydrogens is 504 g/mol. The highest BCUT2D eigenvalue weighted by molar-refractivity contribution is 6.45. The predicted octanol–water partition coefficient (Wildman–Crippen LogP) is 5.54. The van der Waals surface area contributed by atoms with Crippen LogP contribution < -0.4 is 16.1 Å². The second-order valence-corrected chi connectivity index (χ2v) is 10.5. The SMILES string of the molecule is CC1=CC2C=Cc3ccc(o3)C=C3C(=O)C(=c4cc5oc(ccc6cc(C)c(o6)c(C)c3c4=O)=CC5)C(C)=C1O2. The smallest absolute Gasteiger partial charge is 0.195 e. The molecule has 0 saturated heterocycles. The lowest BCUT2D eigenvalue weighted by molar-refractivity contribution is -0.108. The van der Waals surface area contributed by atoms with E-state index in [4.69, 9.17) is 18.0 Å². The first kappa shape index (κ1) is 24.2. The molecule has 40 heavy (non-hydrogen) atoms. The van der Waals surface area contributed by atoms with Crippen LogP contribution in [0.1, 0.15) is 47.8 Å². The van der Waals surface area contributed by atoms with E-state index in [1.54, 1.807) is 18.2 Å². The minimum atomic E-state index is -0.323. The summed E-state index contributed by atoms with van der Waals surface area (Å²) in [4.78, 5) is 29.2. The van der Waals surface area contributed by atoms with Gasteiger partial charge in [0.15, 0.2) is 11.2 Å². The lowest BCUT2D eigenvalue weighted by atomic mass is 9.84. The van der Waals surface area contributed by atoms with Gasteiger partial charge >= 0.3 is 0 Å². The van der Waals surface area contributed by atoms with Crippen LogP contribution in [0.5, 0.6) is 0 Å². The van der Waals surface area contributed by atoms with Gasteiger partial charge in [-0.25, -0.2) is 0 Å². The second-order valence-electron chi connectivity index (χ2n) is 10.5. The Kier molecular flexibility index (Phi) is 5.36. The molecule has 3 aromatic rings. The summed E-state index contributed by atoms with van der Waals surface area (Å²) in [6.07, 6.45) is 9.51. The lowest BCUT2D eigenvalue weighted by Gasteiger charge is -2.18. The van der Waals surface area contributed by atoms with Crippen LogP contribution >= 0.6 is 0 Å². The Hall–Kier alpha value is -4.84. The summed E-state index contributed by atoms with van der Waals surface area (Å²) in [5.41, 5.74) is 5.28. The Bertz CT molecular complexity index is 2080. The van der Waals surface area contributed by atoms with Crippen LogP contribution in [-0.4, -0.2) is 11.9 Å². The summed E-state index contributed by atoms with van der Waals surface area (Å²) in [6.45, 7) is 7.52. The zero-order valence-electron chi connectivity index (χ0n) is 22.6. The van der Waals surface area contributed by atoms with Crippen molar-refractivity contribution < 1.29 is 22.8 Å². The summed E-state index contributed by atoms with van der Waals surface area (Å²) < 4.78 is 24.6. The van der Waals surface area contributed by atoms with Crippen molar-refractivity contribution in [3.8, 4) is 0 Å². The van der Waals surface area contributed by atoms with Crippen molar-refractivity contribution in [2.75, 3.05) is 0 Å². The van der Waals surface area contributed by atoms with E-state index in [-0.39, 0.29) is 39.2 Å². The molecule has 6 heteroatoms. The Morgan fingerprint density at radius 1 is 0.900 bits per heavy atom. The molecule has 0 saturated carbocycles. The normalized spacial score (nSPS) is 18.2. The van der Waals surface area contributed by atoms with E-state index in [9.17, 15) is 9.59 Å². The number of furan rings is 2. The van der Waals surface area contributed by atoms with Gasteiger partial charge in [-0.1, -0.05) is 0 Å². The number of rotatable bonds is 0. The van der Waals surface area contributed by atoms with Gasteiger partial charge in [-0.3, -0.25) is 9.59 Å². The molecule has 3 aliphatic heterocycles. The van der Waals surface area contributed by atoms with E-state index in [0.29, 0.717) is 57.2 Å². The van der Waals surface area contributed by atoms with Crippen molar-refractivity contribution in [1.82, 2.24) is 0 Å². The number of aryl methyl sites for hydroxylation is 2. The maximum Gasteiger partial charge on any atom is 0.195 e. The molecule has 6 heterocycles. The van der Waals surface area contributed by atoms with Crippen LogP contribution in [0.3, 0.4) is 0 Å². The number of ketones is 1. The molecule has 0 spiro atoms. The summed E-state index contributed by atoms with van der Waals surface area (Å²) in [6, 6.07) is 10.9. The highest BCUT2D eigenvalue weighted by atomic mass is 16.5. The Morgan fingerprint density at radius 3 is 2.58 bits per heavy atom. The van der Waals surface area contributed by atoms with E-state index < -0.39 is 0 Å². The van der Waals surface area contributed by atoms with Crippen molar-refractivity contribution in [2.24, 2.45) is 0 Å². The average molecular weight is 531 g/mol. The molecule has 12 bridgehead atoms. The topological polar surface area (TPSA) is 82.8 Å². The van der Waals surface area contributed by atoms with Gasteiger partial charge < -0.3 is 18.0 Å². The van der Waals surface area contributed by atoms with Crippen LogP contribution in [0.4, 0.5) is 0 Å². The van der Waals surface area contributed by atoms with E-state index in [2.05, 4.69) is 0 Å². The maximum atomic E-state index is 14.6. The predicted molar refractivity (Wildman–Crippen MR) is 153 cm³/mol. The monoisotopic (exact) mass is 530 g/mol. The minimum absolute atomic E-state index is 0.244. The third-order valence-electron chi connectivity index (χ3n) is 7.73.